The van der Waals surface area contributed by atoms with Gasteiger partial charge >= 0.3 is 6.09 Å². The minimum absolute atomic E-state index is 0.129. The van der Waals surface area contributed by atoms with Gasteiger partial charge in [-0.15, -0.1) is 0 Å². The lowest BCUT2D eigenvalue weighted by molar-refractivity contribution is -0.174. The van der Waals surface area contributed by atoms with Crippen molar-refractivity contribution in [1.82, 2.24) is 15.6 Å². The van der Waals surface area contributed by atoms with Crippen molar-refractivity contribution in [2.75, 3.05) is 0 Å². The van der Waals surface area contributed by atoms with E-state index in [0.717, 1.165) is 5.56 Å². The molecule has 1 aliphatic carbocycles. The van der Waals surface area contributed by atoms with E-state index >= 15 is 0 Å². The van der Waals surface area contributed by atoms with Gasteiger partial charge in [0.15, 0.2) is 11.7 Å². The Kier molecular flexibility index (Phi) is 8.11. The largest absolute Gasteiger partial charge is 0.433 e. The van der Waals surface area contributed by atoms with Crippen molar-refractivity contribution in [1.29, 1.82) is 0 Å². The number of ether oxygens (including phenoxy) is 1. The summed E-state index contributed by atoms with van der Waals surface area (Å²) in [5, 5.41) is 16.4. The zero-order valence-corrected chi connectivity index (χ0v) is 20.4. The van der Waals surface area contributed by atoms with Crippen LogP contribution in [0.2, 0.25) is 0 Å². The summed E-state index contributed by atoms with van der Waals surface area (Å²) in [6.45, 7) is 6.02. The average Bonchev–Trinajstić information content (AvgIpc) is 2.79. The molecular formula is C26H34N4O5. The van der Waals surface area contributed by atoms with Crippen molar-refractivity contribution in [2.45, 2.75) is 64.3 Å². The third-order valence-electron chi connectivity index (χ3n) is 6.51. The minimum Gasteiger partial charge on any atom is -0.433 e. The average molecular weight is 483 g/mol. The SMILES string of the molecule is CC(C)(C)C1CCC1(OC(N)=O)C(=O)N[C@H](Cc1ccccc1)[C@H](O)C(=O)NCc1ccccn1. The second-order valence-corrected chi connectivity index (χ2v) is 10.0. The molecule has 1 aromatic heterocycles. The molecule has 3 amide bonds. The quantitative estimate of drug-likeness (QED) is 0.431. The highest BCUT2D eigenvalue weighted by Crippen LogP contribution is 2.51. The van der Waals surface area contributed by atoms with Gasteiger partial charge in [0.25, 0.3) is 11.8 Å². The van der Waals surface area contributed by atoms with E-state index in [-0.39, 0.29) is 24.3 Å². The van der Waals surface area contributed by atoms with E-state index in [2.05, 4.69) is 15.6 Å². The summed E-state index contributed by atoms with van der Waals surface area (Å²) in [6, 6.07) is 13.6. The molecule has 1 heterocycles. The highest BCUT2D eigenvalue weighted by Gasteiger charge is 2.60. The van der Waals surface area contributed by atoms with Crippen molar-refractivity contribution in [2.24, 2.45) is 17.1 Å². The Morgan fingerprint density at radius 2 is 1.86 bits per heavy atom. The van der Waals surface area contributed by atoms with Crippen LogP contribution in [0.1, 0.15) is 44.9 Å². The fourth-order valence-electron chi connectivity index (χ4n) is 4.67. The fraction of sp³-hybridized carbons (Fsp3) is 0.462. The van der Waals surface area contributed by atoms with Crippen LogP contribution in [-0.2, 0) is 27.3 Å². The number of aliphatic hydroxyl groups is 1. The number of nitrogens with one attached hydrogen (secondary N) is 2. The van der Waals surface area contributed by atoms with Crippen LogP contribution in [0.4, 0.5) is 4.79 Å². The number of hydrogen-bond acceptors (Lipinski definition) is 6. The topological polar surface area (TPSA) is 144 Å². The lowest BCUT2D eigenvalue weighted by Gasteiger charge is -2.52. The summed E-state index contributed by atoms with van der Waals surface area (Å²) in [5.74, 6) is -1.49. The number of hydrogen-bond donors (Lipinski definition) is 4. The Morgan fingerprint density at radius 1 is 1.17 bits per heavy atom. The number of rotatable bonds is 9. The summed E-state index contributed by atoms with van der Waals surface area (Å²) < 4.78 is 5.41. The van der Waals surface area contributed by atoms with Crippen molar-refractivity contribution >= 4 is 17.9 Å². The number of pyridine rings is 1. The van der Waals surface area contributed by atoms with Crippen molar-refractivity contribution in [3.8, 4) is 0 Å². The lowest BCUT2D eigenvalue weighted by atomic mass is 9.58. The van der Waals surface area contributed by atoms with Crippen molar-refractivity contribution in [3.63, 3.8) is 0 Å². The van der Waals surface area contributed by atoms with Crippen LogP contribution >= 0.6 is 0 Å². The molecule has 0 bridgehead atoms. The molecule has 2 aromatic rings. The van der Waals surface area contributed by atoms with Gasteiger partial charge in [0.2, 0.25) is 0 Å². The van der Waals surface area contributed by atoms with E-state index < -0.39 is 35.7 Å². The Hall–Kier alpha value is -3.46. The van der Waals surface area contributed by atoms with Gasteiger partial charge in [-0.3, -0.25) is 14.6 Å². The maximum absolute atomic E-state index is 13.6. The minimum atomic E-state index is -1.55. The van der Waals surface area contributed by atoms with Crippen molar-refractivity contribution < 1.29 is 24.2 Å². The lowest BCUT2D eigenvalue weighted by Crippen LogP contribution is -2.67. The first-order valence-electron chi connectivity index (χ1n) is 11.7. The Bertz CT molecular complexity index is 1030. The summed E-state index contributed by atoms with van der Waals surface area (Å²) in [6.07, 6.45) is 0.199. The molecule has 35 heavy (non-hydrogen) atoms. The number of nitrogens with zero attached hydrogens (tertiary/aromatic N) is 1. The molecule has 5 N–H and O–H groups in total. The maximum atomic E-state index is 13.6. The van der Waals surface area contributed by atoms with Crippen LogP contribution in [0, 0.1) is 11.3 Å². The summed E-state index contributed by atoms with van der Waals surface area (Å²) in [7, 11) is 0. The first kappa shape index (κ1) is 26.2. The number of aliphatic hydroxyl groups excluding tert-OH is 1. The molecule has 9 heteroatoms. The molecule has 0 spiro atoms. The van der Waals surface area contributed by atoms with Gasteiger partial charge in [-0.25, -0.2) is 4.79 Å². The van der Waals surface area contributed by atoms with Gasteiger partial charge in [-0.2, -0.15) is 0 Å². The fourth-order valence-corrected chi connectivity index (χ4v) is 4.67. The number of primary amides is 1. The molecule has 0 saturated heterocycles. The normalized spacial score (nSPS) is 21.2. The summed E-state index contributed by atoms with van der Waals surface area (Å²) in [5.41, 5.74) is 4.99. The number of aromatic nitrogens is 1. The second kappa shape index (κ2) is 10.9. The van der Waals surface area contributed by atoms with Gasteiger partial charge in [0.05, 0.1) is 18.3 Å². The van der Waals surface area contributed by atoms with E-state index in [1.807, 2.05) is 51.1 Å². The number of carbonyl (C=O) groups excluding carboxylic acids is 3. The van der Waals surface area contributed by atoms with Gasteiger partial charge in [-0.1, -0.05) is 57.2 Å². The zero-order chi connectivity index (χ0) is 25.6. The van der Waals surface area contributed by atoms with Gasteiger partial charge in [-0.05, 0) is 42.4 Å². The highest BCUT2D eigenvalue weighted by molar-refractivity contribution is 5.90. The molecular weight excluding hydrogens is 448 g/mol. The first-order chi connectivity index (χ1) is 16.5. The molecule has 0 radical (unpaired) electrons. The smallest absolute Gasteiger partial charge is 0.405 e. The summed E-state index contributed by atoms with van der Waals surface area (Å²) >= 11 is 0. The van der Waals surface area contributed by atoms with Crippen LogP contribution in [0.25, 0.3) is 0 Å². The van der Waals surface area contributed by atoms with E-state index in [1.54, 1.807) is 24.4 Å². The van der Waals surface area contributed by atoms with E-state index in [4.69, 9.17) is 10.5 Å². The molecule has 1 aliphatic rings. The molecule has 9 nitrogen and oxygen atoms in total. The monoisotopic (exact) mass is 482 g/mol. The summed E-state index contributed by atoms with van der Waals surface area (Å²) in [4.78, 5) is 42.2. The van der Waals surface area contributed by atoms with Crippen LogP contribution in [0.5, 0.6) is 0 Å². The molecule has 0 aliphatic heterocycles. The first-order valence-corrected chi connectivity index (χ1v) is 11.7. The molecule has 1 saturated carbocycles. The highest BCUT2D eigenvalue weighted by atomic mass is 16.6. The second-order valence-electron chi connectivity index (χ2n) is 10.0. The maximum Gasteiger partial charge on any atom is 0.405 e. The van der Waals surface area contributed by atoms with Gasteiger partial charge in [0, 0.05) is 12.1 Å². The molecule has 2 unspecified atom stereocenters. The third kappa shape index (κ3) is 6.36. The Balaban J connectivity index is 1.81. The van der Waals surface area contributed by atoms with Gasteiger partial charge in [0.1, 0.15) is 0 Å². The number of amides is 3. The van der Waals surface area contributed by atoms with E-state index in [9.17, 15) is 19.5 Å². The van der Waals surface area contributed by atoms with E-state index in [1.165, 1.54) is 0 Å². The predicted molar refractivity (Wildman–Crippen MR) is 130 cm³/mol. The van der Waals surface area contributed by atoms with Crippen LogP contribution in [0.15, 0.2) is 54.7 Å². The number of benzene rings is 1. The molecule has 4 atom stereocenters. The predicted octanol–water partition coefficient (Wildman–Crippen LogP) is 2.08. The Labute approximate surface area is 205 Å². The number of carbonyl (C=O) groups is 3. The number of nitrogens with two attached hydrogens (primary N) is 1. The van der Waals surface area contributed by atoms with Crippen LogP contribution in [0.3, 0.4) is 0 Å². The zero-order valence-electron chi connectivity index (χ0n) is 20.4. The van der Waals surface area contributed by atoms with Crippen LogP contribution in [-0.4, -0.2) is 45.7 Å². The molecule has 1 fully saturated rings. The Morgan fingerprint density at radius 3 is 2.40 bits per heavy atom. The third-order valence-corrected chi connectivity index (χ3v) is 6.51. The van der Waals surface area contributed by atoms with Gasteiger partial charge < -0.3 is 26.2 Å². The van der Waals surface area contributed by atoms with E-state index in [0.29, 0.717) is 18.5 Å². The van der Waals surface area contributed by atoms with Crippen molar-refractivity contribution in [3.05, 3.63) is 66.0 Å². The molecule has 188 valence electrons. The molecule has 1 aromatic carbocycles. The molecule has 3 rings (SSSR count). The standard InChI is InChI=1S/C26H34N4O5/c1-25(2,3)20-12-13-26(20,35-24(27)34)23(33)30-19(15-17-9-5-4-6-10-17)21(31)22(32)29-16-18-11-7-8-14-28-18/h4-11,14,19-21,31H,12-13,15-16H2,1-3H3,(H2,27,34)(H,29,32)(H,30,33)/t19-,20?,21+,26?/m1/s1. The van der Waals surface area contributed by atoms with Crippen LogP contribution < -0.4 is 16.4 Å².